The van der Waals surface area contributed by atoms with E-state index in [1.54, 1.807) is 0 Å². The summed E-state index contributed by atoms with van der Waals surface area (Å²) >= 11 is 0. The molecule has 4 heteroatoms. The largest absolute Gasteiger partial charge is 0.375 e. The van der Waals surface area contributed by atoms with Crippen molar-refractivity contribution in [3.8, 4) is 0 Å². The van der Waals surface area contributed by atoms with Gasteiger partial charge in [0, 0.05) is 37.8 Å². The van der Waals surface area contributed by atoms with E-state index in [2.05, 4.69) is 49.6 Å². The van der Waals surface area contributed by atoms with Crippen LogP contribution in [0.5, 0.6) is 0 Å². The number of hydrogen-bond donors (Lipinski definition) is 1. The fourth-order valence-corrected chi connectivity index (χ4v) is 3.67. The van der Waals surface area contributed by atoms with Gasteiger partial charge in [0.1, 0.15) is 5.82 Å². The number of ether oxygens (including phenoxy) is 1. The van der Waals surface area contributed by atoms with E-state index in [4.69, 9.17) is 4.74 Å². The molecule has 1 aliphatic rings. The molecule has 0 amide bonds. The van der Waals surface area contributed by atoms with E-state index in [0.717, 1.165) is 19.4 Å². The lowest BCUT2D eigenvalue weighted by Gasteiger charge is -2.30. The first-order valence-corrected chi connectivity index (χ1v) is 8.39. The second-order valence-electron chi connectivity index (χ2n) is 6.54. The lowest BCUT2D eigenvalue weighted by atomic mass is 9.81. The van der Waals surface area contributed by atoms with Gasteiger partial charge in [-0.25, -0.2) is 4.98 Å². The molecule has 0 aromatic carbocycles. The molecule has 120 valence electrons. The third kappa shape index (κ3) is 3.86. The van der Waals surface area contributed by atoms with Gasteiger partial charge in [0.05, 0.1) is 12.2 Å². The van der Waals surface area contributed by atoms with Crippen LogP contribution in [-0.4, -0.2) is 34.3 Å². The predicted octanol–water partition coefficient (Wildman–Crippen LogP) is 2.78. The maximum absolute atomic E-state index is 6.05. The summed E-state index contributed by atoms with van der Waals surface area (Å²) in [6.45, 7) is 10.1. The maximum Gasteiger partial charge on any atom is 0.108 e. The number of imidazole rings is 1. The van der Waals surface area contributed by atoms with Crippen LogP contribution in [0.25, 0.3) is 0 Å². The number of nitrogens with one attached hydrogen (secondary N) is 1. The molecule has 1 fully saturated rings. The Kier molecular flexibility index (Phi) is 5.82. The second-order valence-corrected chi connectivity index (χ2v) is 6.54. The molecule has 5 unspecified atom stereocenters. The molecule has 1 saturated heterocycles. The zero-order valence-corrected chi connectivity index (χ0v) is 14.2. The van der Waals surface area contributed by atoms with Crippen LogP contribution >= 0.6 is 0 Å². The average Bonchev–Trinajstić information content (AvgIpc) is 2.96. The summed E-state index contributed by atoms with van der Waals surface area (Å²) in [7, 11) is 2.07. The zero-order valence-electron chi connectivity index (χ0n) is 14.2. The summed E-state index contributed by atoms with van der Waals surface area (Å²) in [6.07, 6.45) is 7.93. The van der Waals surface area contributed by atoms with Crippen LogP contribution in [0.15, 0.2) is 12.4 Å². The standard InChI is InChI=1S/C17H31N3O/c1-6-9-18-15(7-8-16-19-10-11-20(16)5)17-12(2)13(3)21-14(17)4/h10-15,17-18H,6-9H2,1-5H3. The van der Waals surface area contributed by atoms with Gasteiger partial charge >= 0.3 is 0 Å². The molecule has 4 nitrogen and oxygen atoms in total. The van der Waals surface area contributed by atoms with Crippen molar-refractivity contribution in [2.24, 2.45) is 18.9 Å². The molecular weight excluding hydrogens is 262 g/mol. The molecule has 5 atom stereocenters. The Labute approximate surface area is 129 Å². The third-order valence-corrected chi connectivity index (χ3v) is 5.04. The van der Waals surface area contributed by atoms with Gasteiger partial charge in [-0.2, -0.15) is 0 Å². The van der Waals surface area contributed by atoms with Crippen LogP contribution in [0.1, 0.15) is 46.4 Å². The minimum Gasteiger partial charge on any atom is -0.375 e. The normalized spacial score (nSPS) is 30.7. The summed E-state index contributed by atoms with van der Waals surface area (Å²) in [5, 5.41) is 3.76. The molecule has 0 radical (unpaired) electrons. The molecule has 0 bridgehead atoms. The van der Waals surface area contributed by atoms with Gasteiger partial charge in [-0.15, -0.1) is 0 Å². The molecule has 21 heavy (non-hydrogen) atoms. The molecule has 1 aliphatic heterocycles. The molecule has 2 heterocycles. The number of aromatic nitrogens is 2. The number of aryl methyl sites for hydroxylation is 2. The van der Waals surface area contributed by atoms with E-state index in [1.807, 2.05) is 12.4 Å². The minimum atomic E-state index is 0.339. The van der Waals surface area contributed by atoms with Gasteiger partial charge in [-0.3, -0.25) is 0 Å². The summed E-state index contributed by atoms with van der Waals surface area (Å²) in [5.41, 5.74) is 0. The van der Waals surface area contributed by atoms with Gasteiger partial charge < -0.3 is 14.6 Å². The molecule has 0 aliphatic carbocycles. The first-order chi connectivity index (χ1) is 10.0. The fraction of sp³-hybridized carbons (Fsp3) is 0.824. The van der Waals surface area contributed by atoms with E-state index in [9.17, 15) is 0 Å². The van der Waals surface area contributed by atoms with Crippen molar-refractivity contribution in [1.82, 2.24) is 14.9 Å². The van der Waals surface area contributed by atoms with Crippen molar-refractivity contribution in [1.29, 1.82) is 0 Å². The molecule has 0 spiro atoms. The smallest absolute Gasteiger partial charge is 0.108 e. The Hall–Kier alpha value is -0.870. The summed E-state index contributed by atoms with van der Waals surface area (Å²) < 4.78 is 8.17. The van der Waals surface area contributed by atoms with Crippen LogP contribution in [0.3, 0.4) is 0 Å². The van der Waals surface area contributed by atoms with E-state index in [1.165, 1.54) is 12.2 Å². The van der Waals surface area contributed by atoms with E-state index < -0.39 is 0 Å². The Morgan fingerprint density at radius 2 is 2.10 bits per heavy atom. The highest BCUT2D eigenvalue weighted by atomic mass is 16.5. The summed E-state index contributed by atoms with van der Waals surface area (Å²) in [6, 6.07) is 0.511. The van der Waals surface area contributed by atoms with Crippen LogP contribution in [-0.2, 0) is 18.2 Å². The first kappa shape index (κ1) is 16.5. The summed E-state index contributed by atoms with van der Waals surface area (Å²) in [5.74, 6) is 2.37. The predicted molar refractivity (Wildman–Crippen MR) is 86.3 cm³/mol. The highest BCUT2D eigenvalue weighted by Crippen LogP contribution is 2.35. The van der Waals surface area contributed by atoms with Crippen molar-refractivity contribution in [3.05, 3.63) is 18.2 Å². The minimum absolute atomic E-state index is 0.339. The SMILES string of the molecule is CCCNC(CCc1nccn1C)C1C(C)OC(C)C1C. The van der Waals surface area contributed by atoms with E-state index in [-0.39, 0.29) is 0 Å². The van der Waals surface area contributed by atoms with Gasteiger partial charge in [0.25, 0.3) is 0 Å². The Morgan fingerprint density at radius 3 is 2.62 bits per heavy atom. The van der Waals surface area contributed by atoms with Crippen LogP contribution in [0.4, 0.5) is 0 Å². The molecule has 0 saturated carbocycles. The lowest BCUT2D eigenvalue weighted by Crippen LogP contribution is -2.42. The average molecular weight is 293 g/mol. The highest BCUT2D eigenvalue weighted by Gasteiger charge is 2.41. The first-order valence-electron chi connectivity index (χ1n) is 8.39. The molecule has 1 N–H and O–H groups in total. The highest BCUT2D eigenvalue weighted by molar-refractivity contribution is 4.96. The quantitative estimate of drug-likeness (QED) is 0.840. The van der Waals surface area contributed by atoms with Crippen molar-refractivity contribution >= 4 is 0 Å². The monoisotopic (exact) mass is 293 g/mol. The van der Waals surface area contributed by atoms with Gasteiger partial charge in [0.15, 0.2) is 0 Å². The van der Waals surface area contributed by atoms with Crippen LogP contribution < -0.4 is 5.32 Å². The molecular formula is C17H31N3O. The maximum atomic E-state index is 6.05. The van der Waals surface area contributed by atoms with Crippen LogP contribution in [0, 0.1) is 11.8 Å². The number of nitrogens with zero attached hydrogens (tertiary/aromatic N) is 2. The Morgan fingerprint density at radius 1 is 1.33 bits per heavy atom. The zero-order chi connectivity index (χ0) is 15.4. The van der Waals surface area contributed by atoms with Crippen molar-refractivity contribution < 1.29 is 4.74 Å². The Balaban J connectivity index is 2.02. The van der Waals surface area contributed by atoms with Gasteiger partial charge in [0.2, 0.25) is 0 Å². The van der Waals surface area contributed by atoms with E-state index >= 15 is 0 Å². The second kappa shape index (κ2) is 7.41. The molecule has 1 aromatic heterocycles. The number of hydrogen-bond acceptors (Lipinski definition) is 3. The topological polar surface area (TPSA) is 39.1 Å². The Bertz CT molecular complexity index is 431. The lowest BCUT2D eigenvalue weighted by molar-refractivity contribution is 0.0472. The van der Waals surface area contributed by atoms with Crippen molar-refractivity contribution in [3.63, 3.8) is 0 Å². The van der Waals surface area contributed by atoms with Gasteiger partial charge in [-0.05, 0) is 39.2 Å². The van der Waals surface area contributed by atoms with E-state index in [0.29, 0.717) is 30.1 Å². The van der Waals surface area contributed by atoms with Crippen molar-refractivity contribution in [2.75, 3.05) is 6.54 Å². The van der Waals surface area contributed by atoms with Crippen LogP contribution in [0.2, 0.25) is 0 Å². The third-order valence-electron chi connectivity index (χ3n) is 5.04. The summed E-state index contributed by atoms with van der Waals surface area (Å²) in [4.78, 5) is 4.45. The molecule has 1 aromatic rings. The number of rotatable bonds is 7. The fourth-order valence-electron chi connectivity index (χ4n) is 3.67. The molecule has 2 rings (SSSR count). The van der Waals surface area contributed by atoms with Gasteiger partial charge in [-0.1, -0.05) is 13.8 Å². The van der Waals surface area contributed by atoms with Crippen molar-refractivity contribution in [2.45, 2.75) is 65.2 Å².